The molecule has 0 saturated carbocycles. The van der Waals surface area contributed by atoms with E-state index in [1.165, 1.54) is 0 Å². The number of hydrogen-bond acceptors (Lipinski definition) is 7. The number of hydrogen-bond donors (Lipinski definition) is 3. The summed E-state index contributed by atoms with van der Waals surface area (Å²) in [5.74, 6) is -0.856. The Morgan fingerprint density at radius 1 is 1.07 bits per heavy atom. The number of amides is 2. The largest absolute Gasteiger partial charge is 0.432 e. The molecule has 0 radical (unpaired) electrons. The molecule has 10 nitrogen and oxygen atoms in total. The molecule has 5 atom stereocenters. The Balaban J connectivity index is 1.19. The normalized spacial score (nSPS) is 24.6. The van der Waals surface area contributed by atoms with Crippen molar-refractivity contribution >= 4 is 37.2 Å². The van der Waals surface area contributed by atoms with Crippen LogP contribution >= 0.6 is 0 Å². The van der Waals surface area contributed by atoms with Gasteiger partial charge in [-0.1, -0.05) is 60.7 Å². The molecule has 46 heavy (non-hydrogen) atoms. The van der Waals surface area contributed by atoms with Crippen molar-refractivity contribution in [3.8, 4) is 0 Å². The molecular weight excluding hydrogens is 599 g/mol. The monoisotopic (exact) mass is 637 g/mol. The minimum atomic E-state index is -2.85. The number of benzene rings is 3. The van der Waals surface area contributed by atoms with E-state index in [1.807, 2.05) is 99.0 Å². The Bertz CT molecular complexity index is 1790. The first kappa shape index (κ1) is 30.5. The van der Waals surface area contributed by atoms with Gasteiger partial charge in [0.15, 0.2) is 13.9 Å². The van der Waals surface area contributed by atoms with E-state index in [-0.39, 0.29) is 35.8 Å². The van der Waals surface area contributed by atoms with Gasteiger partial charge in [-0.25, -0.2) is 0 Å². The highest BCUT2D eigenvalue weighted by Gasteiger charge is 2.64. The Morgan fingerprint density at radius 3 is 2.59 bits per heavy atom. The molecule has 3 aliphatic rings. The van der Waals surface area contributed by atoms with Gasteiger partial charge in [0.1, 0.15) is 0 Å². The zero-order chi connectivity index (χ0) is 32.2. The van der Waals surface area contributed by atoms with Crippen LogP contribution in [-0.4, -0.2) is 57.7 Å². The number of aliphatic hydroxyl groups is 1. The van der Waals surface area contributed by atoms with Crippen LogP contribution in [0.4, 0.5) is 17.1 Å². The average Bonchev–Trinajstić information content (AvgIpc) is 3.71. The number of carbonyl (C=O) groups is 2. The number of para-hydroxylation sites is 1. The summed E-state index contributed by atoms with van der Waals surface area (Å²) in [4.78, 5) is 40.5. The molecule has 0 aliphatic carbocycles. The number of aromatic nitrogens is 3. The molecule has 1 saturated heterocycles. The van der Waals surface area contributed by atoms with E-state index < -0.39 is 20.0 Å². The smallest absolute Gasteiger partial charge is 0.261 e. The molecule has 1 spiro atoms. The average molecular weight is 638 g/mol. The lowest BCUT2D eigenvalue weighted by Crippen LogP contribution is -2.43. The lowest BCUT2D eigenvalue weighted by Gasteiger charge is -2.33. The summed E-state index contributed by atoms with van der Waals surface area (Å²) >= 11 is 0. The van der Waals surface area contributed by atoms with E-state index in [1.54, 1.807) is 9.58 Å². The molecule has 3 aromatic carbocycles. The molecule has 238 valence electrons. The lowest BCUT2D eigenvalue weighted by molar-refractivity contribution is -0.143. The molecule has 1 aromatic heterocycles. The fourth-order valence-electron chi connectivity index (χ4n) is 7.90. The Morgan fingerprint density at radius 2 is 1.83 bits per heavy atom. The highest BCUT2D eigenvalue weighted by atomic mass is 28.4. The summed E-state index contributed by atoms with van der Waals surface area (Å²) in [5, 5.41) is 21.8. The molecule has 3 N–H and O–H groups in total. The van der Waals surface area contributed by atoms with Crippen molar-refractivity contribution < 1.29 is 24.2 Å². The second-order valence-electron chi connectivity index (χ2n) is 13.2. The van der Waals surface area contributed by atoms with Crippen molar-refractivity contribution in [2.75, 3.05) is 16.8 Å². The summed E-state index contributed by atoms with van der Waals surface area (Å²) in [6.45, 7) is 6.16. The van der Waals surface area contributed by atoms with Crippen LogP contribution in [0.15, 0.2) is 79.0 Å². The zero-order valence-electron chi connectivity index (χ0n) is 26.3. The van der Waals surface area contributed by atoms with Crippen LogP contribution in [0.25, 0.3) is 0 Å². The van der Waals surface area contributed by atoms with Gasteiger partial charge in [-0.15, -0.1) is 5.10 Å². The fraction of sp³-hybridized carbons (Fsp3) is 0.371. The predicted octanol–water partition coefficient (Wildman–Crippen LogP) is 4.85. The van der Waals surface area contributed by atoms with Crippen molar-refractivity contribution in [3.05, 3.63) is 101 Å². The van der Waals surface area contributed by atoms with Gasteiger partial charge in [0.2, 0.25) is 5.91 Å². The number of nitrogens with one attached hydrogen (secondary N) is 1. The summed E-state index contributed by atoms with van der Waals surface area (Å²) in [7, 11) is -2.85. The molecule has 11 heteroatoms. The highest BCUT2D eigenvalue weighted by Crippen LogP contribution is 2.59. The molecule has 3 aliphatic heterocycles. The van der Waals surface area contributed by atoms with Gasteiger partial charge in [-0.3, -0.25) is 19.2 Å². The lowest BCUT2D eigenvalue weighted by atomic mass is 9.82. The molecule has 0 bridgehead atoms. The van der Waals surface area contributed by atoms with Gasteiger partial charge in [0, 0.05) is 47.6 Å². The van der Waals surface area contributed by atoms with Crippen molar-refractivity contribution in [1.29, 1.82) is 0 Å². The topological polar surface area (TPSA) is 130 Å². The maximum Gasteiger partial charge on any atom is 0.261 e. The van der Waals surface area contributed by atoms with Crippen molar-refractivity contribution in [1.82, 2.24) is 15.0 Å². The number of anilines is 3. The molecule has 1 fully saturated rings. The van der Waals surface area contributed by atoms with Crippen molar-refractivity contribution in [2.45, 2.75) is 69.0 Å². The number of ether oxygens (including phenoxy) is 1. The number of aryl methyl sites for hydroxylation is 2. The molecule has 4 aromatic rings. The van der Waals surface area contributed by atoms with Gasteiger partial charge in [0.25, 0.3) is 5.91 Å². The predicted molar refractivity (Wildman–Crippen MR) is 176 cm³/mol. The minimum Gasteiger partial charge on any atom is -0.432 e. The minimum absolute atomic E-state index is 0.00734. The second kappa shape index (κ2) is 11.6. The van der Waals surface area contributed by atoms with Gasteiger partial charge in [0.05, 0.1) is 30.0 Å². The number of nitrogens with zero attached hydrogens (tertiary/aromatic N) is 4. The molecule has 1 unspecified atom stereocenters. The van der Waals surface area contributed by atoms with Gasteiger partial charge in [-0.05, 0) is 61.3 Å². The quantitative estimate of drug-likeness (QED) is 0.236. The van der Waals surface area contributed by atoms with Crippen LogP contribution in [0.3, 0.4) is 0 Å². The second-order valence-corrected chi connectivity index (χ2v) is 17.2. The maximum absolute atomic E-state index is 13.9. The number of fused-ring (bicyclic) bond motifs is 3. The van der Waals surface area contributed by atoms with Crippen LogP contribution < -0.4 is 10.2 Å². The van der Waals surface area contributed by atoms with Gasteiger partial charge < -0.3 is 20.0 Å². The Kier molecular flexibility index (Phi) is 7.67. The van der Waals surface area contributed by atoms with Crippen molar-refractivity contribution in [3.63, 3.8) is 0 Å². The van der Waals surface area contributed by atoms with Crippen LogP contribution in [0.5, 0.6) is 0 Å². The van der Waals surface area contributed by atoms with Gasteiger partial charge in [-0.2, -0.15) is 0 Å². The third kappa shape index (κ3) is 4.98. The first-order chi connectivity index (χ1) is 22.1. The standard InChI is InChI=1S/C35H39N5O5Si/c1-22-33(46(2,3)44)31(17-18-39-20-29(37-38-39)26(21-41)23-9-5-4-6-10-23)45-35(22)27-19-25(14-15-28(27)36-34(35)43)40-30-12-8-7-11-24(30)13-16-32(40)42/h4-12,14-15,19-20,22,26,31,33,41,44H,13,16-18,21H2,1-3H3,(H,36,43)/t22-,26?,31+,33-,35+/m1/s1. The van der Waals surface area contributed by atoms with E-state index in [9.17, 15) is 19.5 Å². The Labute approximate surface area is 269 Å². The van der Waals surface area contributed by atoms with E-state index in [4.69, 9.17) is 4.74 Å². The van der Waals surface area contributed by atoms with E-state index in [2.05, 4.69) is 15.6 Å². The zero-order valence-corrected chi connectivity index (χ0v) is 27.3. The third-order valence-corrected chi connectivity index (χ3v) is 12.5. The van der Waals surface area contributed by atoms with E-state index in [0.717, 1.165) is 16.8 Å². The first-order valence-corrected chi connectivity index (χ1v) is 19.0. The van der Waals surface area contributed by atoms with E-state index in [0.29, 0.717) is 48.4 Å². The Hall–Kier alpha value is -4.16. The number of rotatable bonds is 8. The molecule has 2 amide bonds. The highest BCUT2D eigenvalue weighted by molar-refractivity contribution is 6.71. The summed E-state index contributed by atoms with van der Waals surface area (Å²) in [5.41, 5.74) is 4.08. The SMILES string of the molecule is C[C@@H]1[C@@H]([Si](C)(C)O)[C@H](CCn2cc(C(CO)c3ccccc3)nn2)O[C@@]12C(=O)Nc1ccc(N3C(=O)CCc4ccccc43)cc12. The fourth-order valence-corrected chi connectivity index (χ4v) is 10.5. The molecule has 7 rings (SSSR count). The van der Waals surface area contributed by atoms with Crippen molar-refractivity contribution in [2.24, 2.45) is 5.92 Å². The number of carbonyl (C=O) groups excluding carboxylic acids is 2. The number of aliphatic hydroxyl groups excluding tert-OH is 1. The first-order valence-electron chi connectivity index (χ1n) is 15.9. The summed E-state index contributed by atoms with van der Waals surface area (Å²) in [6.07, 6.45) is 3.03. The third-order valence-electron chi connectivity index (χ3n) is 10.0. The molecule has 4 heterocycles. The van der Waals surface area contributed by atoms with Crippen LogP contribution in [0.1, 0.15) is 48.1 Å². The van der Waals surface area contributed by atoms with Crippen LogP contribution in [0.2, 0.25) is 18.6 Å². The van der Waals surface area contributed by atoms with Crippen LogP contribution in [-0.2, 0) is 32.9 Å². The summed E-state index contributed by atoms with van der Waals surface area (Å²) < 4.78 is 8.60. The van der Waals surface area contributed by atoms with Crippen LogP contribution in [0, 0.1) is 5.92 Å². The molecular formula is C35H39N5O5Si. The summed E-state index contributed by atoms with van der Waals surface area (Å²) in [6, 6.07) is 23.3. The van der Waals surface area contributed by atoms with Gasteiger partial charge >= 0.3 is 0 Å². The van der Waals surface area contributed by atoms with E-state index >= 15 is 0 Å². The maximum atomic E-state index is 13.9.